The molecule has 1 aliphatic rings. The number of nitrogens with one attached hydrogen (secondary N) is 3. The van der Waals surface area contributed by atoms with E-state index in [-0.39, 0.29) is 17.9 Å². The quantitative estimate of drug-likeness (QED) is 0.717. The fraction of sp³-hybridized carbons (Fsp3) is 0.364. The van der Waals surface area contributed by atoms with Gasteiger partial charge in [-0.05, 0) is 48.7 Å². The molecule has 2 aromatic carbocycles. The van der Waals surface area contributed by atoms with E-state index in [4.69, 9.17) is 4.74 Å². The van der Waals surface area contributed by atoms with Gasteiger partial charge in [-0.1, -0.05) is 37.3 Å². The smallest absolute Gasteiger partial charge is 0.252 e. The molecule has 0 bridgehead atoms. The molecule has 1 fully saturated rings. The molecule has 6 nitrogen and oxygen atoms in total. The summed E-state index contributed by atoms with van der Waals surface area (Å²) in [6.45, 7) is 3.84. The number of ether oxygens (including phenoxy) is 1. The molecule has 148 valence electrons. The molecule has 0 spiro atoms. The second kappa shape index (κ2) is 9.37. The fourth-order valence-electron chi connectivity index (χ4n) is 3.35. The van der Waals surface area contributed by atoms with Crippen LogP contribution in [-0.2, 0) is 4.79 Å². The van der Waals surface area contributed by atoms with Crippen molar-refractivity contribution in [1.29, 1.82) is 0 Å². The molecule has 1 saturated heterocycles. The third-order valence-corrected chi connectivity index (χ3v) is 5.18. The van der Waals surface area contributed by atoms with Crippen molar-refractivity contribution in [2.24, 2.45) is 5.92 Å². The van der Waals surface area contributed by atoms with Crippen molar-refractivity contribution >= 4 is 11.8 Å². The Kier molecular flexibility index (Phi) is 6.66. The largest absolute Gasteiger partial charge is 0.497 e. The number of hydrogen-bond donors (Lipinski definition) is 3. The van der Waals surface area contributed by atoms with Crippen LogP contribution in [0.2, 0.25) is 0 Å². The van der Waals surface area contributed by atoms with E-state index >= 15 is 0 Å². The summed E-state index contributed by atoms with van der Waals surface area (Å²) in [5.41, 5.74) is 1.22. The summed E-state index contributed by atoms with van der Waals surface area (Å²) in [6.07, 6.45) is 1.01. The van der Waals surface area contributed by atoms with Crippen LogP contribution in [0.25, 0.3) is 0 Å². The third-order valence-electron chi connectivity index (χ3n) is 5.18. The maximum atomic E-state index is 13.1. The molecule has 0 radical (unpaired) electrons. The van der Waals surface area contributed by atoms with Crippen LogP contribution in [-0.4, -0.2) is 38.1 Å². The Morgan fingerprint density at radius 1 is 1.11 bits per heavy atom. The number of amides is 2. The van der Waals surface area contributed by atoms with Gasteiger partial charge in [0.05, 0.1) is 7.11 Å². The lowest BCUT2D eigenvalue weighted by Crippen LogP contribution is -2.53. The fourth-order valence-corrected chi connectivity index (χ4v) is 3.35. The number of methoxy groups -OCH3 is 1. The van der Waals surface area contributed by atoms with E-state index in [1.54, 1.807) is 31.4 Å². The summed E-state index contributed by atoms with van der Waals surface area (Å²) in [7, 11) is 1.58. The van der Waals surface area contributed by atoms with Crippen LogP contribution in [0.15, 0.2) is 54.6 Å². The molecule has 0 aromatic heterocycles. The monoisotopic (exact) mass is 381 g/mol. The van der Waals surface area contributed by atoms with Gasteiger partial charge >= 0.3 is 0 Å². The van der Waals surface area contributed by atoms with Crippen molar-refractivity contribution in [3.63, 3.8) is 0 Å². The SMILES string of the molecule is COc1ccc(C(=O)NC(C(=O)NC2CNCCC2C)c2ccccc2)cc1. The molecule has 0 aliphatic carbocycles. The highest BCUT2D eigenvalue weighted by molar-refractivity contribution is 5.98. The minimum absolute atomic E-state index is 0.0466. The second-order valence-electron chi connectivity index (χ2n) is 7.13. The number of carbonyl (C=O) groups is 2. The Morgan fingerprint density at radius 3 is 2.46 bits per heavy atom. The van der Waals surface area contributed by atoms with Gasteiger partial charge in [0.2, 0.25) is 5.91 Å². The first-order valence-corrected chi connectivity index (χ1v) is 9.59. The Labute approximate surface area is 165 Å². The normalized spacial score (nSPS) is 20.1. The predicted octanol–water partition coefficient (Wildman–Crippen LogP) is 2.28. The zero-order valence-electron chi connectivity index (χ0n) is 16.3. The maximum absolute atomic E-state index is 13.1. The molecule has 0 saturated carbocycles. The summed E-state index contributed by atoms with van der Waals surface area (Å²) in [6, 6.07) is 15.4. The summed E-state index contributed by atoms with van der Waals surface area (Å²) >= 11 is 0. The van der Waals surface area contributed by atoms with Gasteiger partial charge in [0.1, 0.15) is 11.8 Å². The van der Waals surface area contributed by atoms with E-state index in [1.165, 1.54) is 0 Å². The predicted molar refractivity (Wildman–Crippen MR) is 108 cm³/mol. The lowest BCUT2D eigenvalue weighted by Gasteiger charge is -2.31. The summed E-state index contributed by atoms with van der Waals surface area (Å²) in [5.74, 6) is 0.557. The Balaban J connectivity index is 1.76. The molecule has 3 rings (SSSR count). The van der Waals surface area contributed by atoms with Gasteiger partial charge in [-0.25, -0.2) is 0 Å². The average molecular weight is 381 g/mol. The zero-order valence-corrected chi connectivity index (χ0v) is 16.3. The lowest BCUT2D eigenvalue weighted by atomic mass is 9.94. The topological polar surface area (TPSA) is 79.5 Å². The van der Waals surface area contributed by atoms with Crippen LogP contribution in [0, 0.1) is 5.92 Å². The first-order chi connectivity index (χ1) is 13.6. The average Bonchev–Trinajstić information content (AvgIpc) is 2.74. The standard InChI is InChI=1S/C22H27N3O3/c1-15-12-13-23-14-19(15)24-22(27)20(16-6-4-3-5-7-16)25-21(26)17-8-10-18(28-2)11-9-17/h3-11,15,19-20,23H,12-14H2,1-2H3,(H,24,27)(H,25,26). The van der Waals surface area contributed by atoms with Crippen LogP contribution in [0.4, 0.5) is 0 Å². The van der Waals surface area contributed by atoms with Crippen LogP contribution in [0.3, 0.4) is 0 Å². The lowest BCUT2D eigenvalue weighted by molar-refractivity contribution is -0.124. The first-order valence-electron chi connectivity index (χ1n) is 9.59. The number of hydrogen-bond acceptors (Lipinski definition) is 4. The van der Waals surface area contributed by atoms with E-state index in [0.717, 1.165) is 25.1 Å². The maximum Gasteiger partial charge on any atom is 0.252 e. The zero-order chi connectivity index (χ0) is 19.9. The second-order valence-corrected chi connectivity index (χ2v) is 7.13. The highest BCUT2D eigenvalue weighted by Gasteiger charge is 2.28. The van der Waals surface area contributed by atoms with Gasteiger partial charge in [-0.15, -0.1) is 0 Å². The van der Waals surface area contributed by atoms with Gasteiger partial charge in [-0.2, -0.15) is 0 Å². The van der Waals surface area contributed by atoms with Crippen LogP contribution in [0.5, 0.6) is 5.75 Å². The minimum atomic E-state index is -0.759. The van der Waals surface area contributed by atoms with Gasteiger partial charge in [0.15, 0.2) is 0 Å². The van der Waals surface area contributed by atoms with Crippen molar-refractivity contribution in [1.82, 2.24) is 16.0 Å². The number of benzene rings is 2. The van der Waals surface area contributed by atoms with E-state index < -0.39 is 6.04 Å². The molecular weight excluding hydrogens is 354 g/mol. The van der Waals surface area contributed by atoms with Crippen LogP contribution >= 0.6 is 0 Å². The molecule has 6 heteroatoms. The van der Waals surface area contributed by atoms with Gasteiger partial charge < -0.3 is 20.7 Å². The molecule has 28 heavy (non-hydrogen) atoms. The number of piperidine rings is 1. The number of rotatable bonds is 6. The van der Waals surface area contributed by atoms with Crippen molar-refractivity contribution in [3.8, 4) is 5.75 Å². The van der Waals surface area contributed by atoms with Crippen molar-refractivity contribution in [2.45, 2.75) is 25.4 Å². The molecule has 1 heterocycles. The highest BCUT2D eigenvalue weighted by Crippen LogP contribution is 2.18. The summed E-state index contributed by atoms with van der Waals surface area (Å²) < 4.78 is 5.13. The Hall–Kier alpha value is -2.86. The van der Waals surface area contributed by atoms with Crippen molar-refractivity contribution in [2.75, 3.05) is 20.2 Å². The Morgan fingerprint density at radius 2 is 1.82 bits per heavy atom. The summed E-state index contributed by atoms with van der Waals surface area (Å²) in [5, 5.41) is 9.30. The molecule has 1 aliphatic heterocycles. The van der Waals surface area contributed by atoms with E-state index in [1.807, 2.05) is 30.3 Å². The van der Waals surface area contributed by atoms with Crippen LogP contribution in [0.1, 0.15) is 35.3 Å². The third kappa shape index (κ3) is 4.89. The van der Waals surface area contributed by atoms with Gasteiger partial charge in [0, 0.05) is 18.2 Å². The highest BCUT2D eigenvalue weighted by atomic mass is 16.5. The van der Waals surface area contributed by atoms with Gasteiger partial charge in [0.25, 0.3) is 5.91 Å². The van der Waals surface area contributed by atoms with E-state index in [9.17, 15) is 9.59 Å². The Bertz CT molecular complexity index is 792. The molecular formula is C22H27N3O3. The van der Waals surface area contributed by atoms with Gasteiger partial charge in [-0.3, -0.25) is 9.59 Å². The van der Waals surface area contributed by atoms with E-state index in [2.05, 4.69) is 22.9 Å². The molecule has 3 N–H and O–H groups in total. The van der Waals surface area contributed by atoms with Crippen molar-refractivity contribution < 1.29 is 14.3 Å². The molecule has 2 amide bonds. The minimum Gasteiger partial charge on any atom is -0.497 e. The van der Waals surface area contributed by atoms with Crippen molar-refractivity contribution in [3.05, 3.63) is 65.7 Å². The first kappa shape index (κ1) is 19.9. The van der Waals surface area contributed by atoms with Crippen LogP contribution < -0.4 is 20.7 Å². The van der Waals surface area contributed by atoms with E-state index in [0.29, 0.717) is 17.2 Å². The molecule has 3 atom stereocenters. The number of carbonyl (C=O) groups excluding carboxylic acids is 2. The molecule has 2 aromatic rings. The summed E-state index contributed by atoms with van der Waals surface area (Å²) in [4.78, 5) is 25.8. The molecule has 3 unspecified atom stereocenters.